The highest BCUT2D eigenvalue weighted by molar-refractivity contribution is 9.10. The Hall–Kier alpha value is -2.81. The van der Waals surface area contributed by atoms with Gasteiger partial charge in [-0.2, -0.15) is 4.80 Å². The Labute approximate surface area is 204 Å². The Bertz CT molecular complexity index is 1340. The number of nitrogens with zero attached hydrogens (tertiary/aromatic N) is 3. The summed E-state index contributed by atoms with van der Waals surface area (Å²) in [7, 11) is 0. The van der Waals surface area contributed by atoms with E-state index in [0.717, 1.165) is 33.3 Å². The average molecular weight is 529 g/mol. The molecule has 32 heavy (non-hydrogen) atoms. The zero-order valence-corrected chi connectivity index (χ0v) is 20.5. The van der Waals surface area contributed by atoms with Crippen molar-refractivity contribution in [2.75, 3.05) is 5.32 Å². The van der Waals surface area contributed by atoms with Crippen molar-refractivity contribution in [2.24, 2.45) is 0 Å². The summed E-state index contributed by atoms with van der Waals surface area (Å²) in [5.74, 6) is -0.394. The number of halogens is 2. The van der Waals surface area contributed by atoms with Gasteiger partial charge in [-0.15, -0.1) is 10.2 Å². The second-order valence-corrected chi connectivity index (χ2v) is 8.93. The number of thiocarbonyl (C=S) groups is 1. The number of aryl methyl sites for hydroxylation is 2. The van der Waals surface area contributed by atoms with E-state index in [2.05, 4.69) is 55.8 Å². The summed E-state index contributed by atoms with van der Waals surface area (Å²) in [6.45, 7) is 4.06. The molecule has 1 heterocycles. The fourth-order valence-corrected chi connectivity index (χ4v) is 3.95. The molecule has 2 N–H and O–H groups in total. The van der Waals surface area contributed by atoms with E-state index in [-0.39, 0.29) is 5.11 Å². The lowest BCUT2D eigenvalue weighted by molar-refractivity contribution is 0.0978. The van der Waals surface area contributed by atoms with Crippen LogP contribution in [0.5, 0.6) is 0 Å². The van der Waals surface area contributed by atoms with Gasteiger partial charge < -0.3 is 5.32 Å². The van der Waals surface area contributed by atoms with E-state index in [1.165, 1.54) is 5.56 Å². The van der Waals surface area contributed by atoms with E-state index in [4.69, 9.17) is 23.8 Å². The van der Waals surface area contributed by atoms with Gasteiger partial charge in [0, 0.05) is 10.2 Å². The molecular weight excluding hydrogens is 510 g/mol. The Morgan fingerprint density at radius 2 is 1.78 bits per heavy atom. The van der Waals surface area contributed by atoms with Crippen LogP contribution in [0, 0.1) is 6.92 Å². The van der Waals surface area contributed by atoms with Crippen molar-refractivity contribution in [3.8, 4) is 5.69 Å². The first-order chi connectivity index (χ1) is 15.3. The zero-order valence-electron chi connectivity index (χ0n) is 17.3. The number of benzene rings is 3. The summed E-state index contributed by atoms with van der Waals surface area (Å²) in [6, 6.07) is 17.0. The van der Waals surface area contributed by atoms with E-state index in [9.17, 15) is 4.79 Å². The van der Waals surface area contributed by atoms with Gasteiger partial charge in [0.25, 0.3) is 5.91 Å². The third kappa shape index (κ3) is 4.82. The number of hydrogen-bond acceptors (Lipinski definition) is 4. The van der Waals surface area contributed by atoms with Gasteiger partial charge in [0.1, 0.15) is 11.0 Å². The second-order valence-electron chi connectivity index (χ2n) is 7.20. The molecule has 9 heteroatoms. The van der Waals surface area contributed by atoms with Gasteiger partial charge in [0.05, 0.1) is 16.3 Å². The molecule has 1 aromatic heterocycles. The molecule has 0 atom stereocenters. The summed E-state index contributed by atoms with van der Waals surface area (Å²) in [5.41, 5.74) is 5.60. The van der Waals surface area contributed by atoms with Gasteiger partial charge in [-0.3, -0.25) is 10.1 Å². The largest absolute Gasteiger partial charge is 0.332 e. The van der Waals surface area contributed by atoms with Crippen molar-refractivity contribution < 1.29 is 4.79 Å². The summed E-state index contributed by atoms with van der Waals surface area (Å²) in [4.78, 5) is 14.2. The molecule has 0 fully saturated rings. The zero-order chi connectivity index (χ0) is 22.8. The highest BCUT2D eigenvalue weighted by Gasteiger charge is 2.14. The molecule has 4 aromatic rings. The van der Waals surface area contributed by atoms with Crippen LogP contribution >= 0.6 is 39.7 Å². The summed E-state index contributed by atoms with van der Waals surface area (Å²) in [6.07, 6.45) is 0.979. The molecule has 3 aromatic carbocycles. The van der Waals surface area contributed by atoms with Crippen LogP contribution in [0.3, 0.4) is 0 Å². The van der Waals surface area contributed by atoms with Crippen LogP contribution in [-0.2, 0) is 6.42 Å². The van der Waals surface area contributed by atoms with Crippen LogP contribution in [0.4, 0.5) is 5.69 Å². The van der Waals surface area contributed by atoms with E-state index < -0.39 is 5.91 Å². The quantitative estimate of drug-likeness (QED) is 0.326. The third-order valence-corrected chi connectivity index (χ3v) is 5.98. The van der Waals surface area contributed by atoms with E-state index >= 15 is 0 Å². The molecule has 0 spiro atoms. The fraction of sp³-hybridized carbons (Fsp3) is 0.130. The summed E-state index contributed by atoms with van der Waals surface area (Å²) < 4.78 is 0.750. The second kappa shape index (κ2) is 9.36. The van der Waals surface area contributed by atoms with Crippen molar-refractivity contribution in [2.45, 2.75) is 20.3 Å². The number of rotatable bonds is 4. The molecule has 0 bridgehead atoms. The van der Waals surface area contributed by atoms with Crippen LogP contribution in [0.15, 0.2) is 59.1 Å². The van der Waals surface area contributed by atoms with Gasteiger partial charge in [-0.05, 0) is 79.2 Å². The number of amides is 1. The van der Waals surface area contributed by atoms with Gasteiger partial charge in [-0.25, -0.2) is 0 Å². The predicted octanol–water partition coefficient (Wildman–Crippen LogP) is 5.83. The smallest absolute Gasteiger partial charge is 0.258 e. The standard InChI is InChI=1S/C23H19BrClN5OS/c1-3-14-4-7-16(8-5-14)30-28-20-10-13(2)19(12-21(20)29-30)26-23(32)27-22(31)17-11-15(24)6-9-18(17)25/h4-12H,3H2,1-2H3,(H2,26,27,31,32). The van der Waals surface area contributed by atoms with Gasteiger partial charge in [0.2, 0.25) is 0 Å². The number of carbonyl (C=O) groups excluding carboxylic acids is 1. The van der Waals surface area contributed by atoms with Crippen molar-refractivity contribution in [3.05, 3.63) is 80.8 Å². The molecule has 0 radical (unpaired) electrons. The minimum absolute atomic E-state index is 0.163. The molecule has 0 aliphatic heterocycles. The average Bonchev–Trinajstić information content (AvgIpc) is 3.18. The van der Waals surface area contributed by atoms with Gasteiger partial charge >= 0.3 is 0 Å². The number of anilines is 1. The third-order valence-electron chi connectivity index (χ3n) is 4.95. The first-order valence-corrected chi connectivity index (χ1v) is 11.5. The SMILES string of the molecule is CCc1ccc(-n2nc3cc(C)c(NC(=S)NC(=O)c4cc(Br)ccc4Cl)cc3n2)cc1. The van der Waals surface area contributed by atoms with E-state index in [0.29, 0.717) is 16.1 Å². The first-order valence-electron chi connectivity index (χ1n) is 9.88. The molecular formula is C23H19BrClN5OS. The highest BCUT2D eigenvalue weighted by Crippen LogP contribution is 2.23. The van der Waals surface area contributed by atoms with Crippen molar-refractivity contribution in [1.82, 2.24) is 20.3 Å². The number of carbonyl (C=O) groups is 1. The molecule has 0 saturated heterocycles. The Kier molecular flexibility index (Phi) is 6.55. The van der Waals surface area contributed by atoms with Crippen LogP contribution in [0.2, 0.25) is 5.02 Å². The Morgan fingerprint density at radius 1 is 1.09 bits per heavy atom. The van der Waals surface area contributed by atoms with Crippen LogP contribution < -0.4 is 10.6 Å². The highest BCUT2D eigenvalue weighted by atomic mass is 79.9. The maximum Gasteiger partial charge on any atom is 0.258 e. The minimum Gasteiger partial charge on any atom is -0.332 e. The Balaban J connectivity index is 1.53. The Morgan fingerprint density at radius 3 is 2.47 bits per heavy atom. The lowest BCUT2D eigenvalue weighted by atomic mass is 10.2. The number of nitrogens with one attached hydrogen (secondary N) is 2. The number of hydrogen-bond donors (Lipinski definition) is 2. The maximum absolute atomic E-state index is 12.6. The normalized spacial score (nSPS) is 10.9. The lowest BCUT2D eigenvalue weighted by Crippen LogP contribution is -2.34. The molecule has 0 aliphatic carbocycles. The fourth-order valence-electron chi connectivity index (χ4n) is 3.18. The molecule has 0 saturated carbocycles. The van der Waals surface area contributed by atoms with Crippen molar-refractivity contribution in [3.63, 3.8) is 0 Å². The molecule has 1 amide bonds. The minimum atomic E-state index is -0.394. The molecule has 4 rings (SSSR count). The van der Waals surface area contributed by atoms with Gasteiger partial charge in [0.15, 0.2) is 5.11 Å². The van der Waals surface area contributed by atoms with E-state index in [1.807, 2.05) is 31.2 Å². The first kappa shape index (κ1) is 22.4. The van der Waals surface area contributed by atoms with Gasteiger partial charge in [-0.1, -0.05) is 46.6 Å². The molecule has 0 unspecified atom stereocenters. The van der Waals surface area contributed by atoms with E-state index in [1.54, 1.807) is 23.0 Å². The predicted molar refractivity (Wildman–Crippen MR) is 136 cm³/mol. The lowest BCUT2D eigenvalue weighted by Gasteiger charge is -2.12. The van der Waals surface area contributed by atoms with Crippen molar-refractivity contribution in [1.29, 1.82) is 0 Å². The van der Waals surface area contributed by atoms with Crippen LogP contribution in [0.25, 0.3) is 16.7 Å². The van der Waals surface area contributed by atoms with Crippen molar-refractivity contribution >= 4 is 67.5 Å². The topological polar surface area (TPSA) is 71.8 Å². The molecule has 6 nitrogen and oxygen atoms in total. The number of fused-ring (bicyclic) bond motifs is 1. The number of aromatic nitrogens is 3. The molecule has 0 aliphatic rings. The molecule has 162 valence electrons. The monoisotopic (exact) mass is 527 g/mol. The summed E-state index contributed by atoms with van der Waals surface area (Å²) >= 11 is 14.8. The van der Waals surface area contributed by atoms with Crippen LogP contribution in [0.1, 0.15) is 28.4 Å². The summed E-state index contributed by atoms with van der Waals surface area (Å²) in [5, 5.41) is 15.4. The maximum atomic E-state index is 12.6. The van der Waals surface area contributed by atoms with Crippen LogP contribution in [-0.4, -0.2) is 26.0 Å².